The van der Waals surface area contributed by atoms with Crippen molar-refractivity contribution >= 4 is 10.9 Å². The monoisotopic (exact) mass is 285 g/mol. The first-order chi connectivity index (χ1) is 10.1. The molecule has 0 bridgehead atoms. The van der Waals surface area contributed by atoms with Crippen LogP contribution in [0.2, 0.25) is 0 Å². The molecule has 1 aromatic carbocycles. The lowest BCUT2D eigenvalue weighted by molar-refractivity contribution is 0.169. The number of benzene rings is 1. The van der Waals surface area contributed by atoms with Gasteiger partial charge in [0.2, 0.25) is 0 Å². The molecule has 112 valence electrons. The van der Waals surface area contributed by atoms with Crippen LogP contribution in [-0.2, 0) is 6.54 Å². The third kappa shape index (κ3) is 3.23. The molecule has 1 N–H and O–H groups in total. The van der Waals surface area contributed by atoms with E-state index in [1.807, 2.05) is 12.3 Å². The molecule has 1 fully saturated rings. The zero-order valence-corrected chi connectivity index (χ0v) is 12.7. The maximum atomic E-state index is 10.00. The standard InChI is InChI=1S/C17H23N3O/c1-19(2)11-15-9-16(21)12-20(15)10-14-6-3-5-13-7-4-8-18-17(13)14/h3-8,15-16,21H,9-12H2,1-2H3. The Morgan fingerprint density at radius 3 is 2.90 bits per heavy atom. The highest BCUT2D eigenvalue weighted by atomic mass is 16.3. The van der Waals surface area contributed by atoms with Crippen LogP contribution < -0.4 is 0 Å². The Kier molecular flexibility index (Phi) is 4.19. The summed E-state index contributed by atoms with van der Waals surface area (Å²) in [6.07, 6.45) is 2.50. The van der Waals surface area contributed by atoms with Crippen LogP contribution in [0.4, 0.5) is 0 Å². The minimum absolute atomic E-state index is 0.210. The fourth-order valence-corrected chi connectivity index (χ4v) is 3.28. The minimum atomic E-state index is -0.210. The number of nitrogens with zero attached hydrogens (tertiary/aromatic N) is 3. The van der Waals surface area contributed by atoms with E-state index < -0.39 is 0 Å². The van der Waals surface area contributed by atoms with E-state index in [1.165, 1.54) is 10.9 Å². The molecular formula is C17H23N3O. The lowest BCUT2D eigenvalue weighted by Crippen LogP contribution is -2.37. The lowest BCUT2D eigenvalue weighted by Gasteiger charge is -2.26. The molecule has 1 aromatic heterocycles. The highest BCUT2D eigenvalue weighted by Gasteiger charge is 2.31. The van der Waals surface area contributed by atoms with Crippen molar-refractivity contribution in [3.63, 3.8) is 0 Å². The Labute approximate surface area is 126 Å². The summed E-state index contributed by atoms with van der Waals surface area (Å²) in [6, 6.07) is 10.8. The fraction of sp³-hybridized carbons (Fsp3) is 0.471. The second-order valence-corrected chi connectivity index (χ2v) is 6.23. The first-order valence-electron chi connectivity index (χ1n) is 7.53. The number of aliphatic hydroxyl groups excluding tert-OH is 1. The van der Waals surface area contributed by atoms with Gasteiger partial charge in [-0.05, 0) is 32.1 Å². The van der Waals surface area contributed by atoms with E-state index in [1.54, 1.807) is 0 Å². The van der Waals surface area contributed by atoms with Crippen molar-refractivity contribution in [1.82, 2.24) is 14.8 Å². The predicted molar refractivity (Wildman–Crippen MR) is 85.1 cm³/mol. The van der Waals surface area contributed by atoms with Crippen molar-refractivity contribution in [2.75, 3.05) is 27.2 Å². The van der Waals surface area contributed by atoms with Gasteiger partial charge in [0.05, 0.1) is 11.6 Å². The van der Waals surface area contributed by atoms with Crippen molar-refractivity contribution < 1.29 is 5.11 Å². The van der Waals surface area contributed by atoms with Crippen molar-refractivity contribution in [3.05, 3.63) is 42.1 Å². The molecule has 21 heavy (non-hydrogen) atoms. The normalized spacial score (nSPS) is 23.2. The number of likely N-dealkylation sites (N-methyl/N-ethyl adjacent to an activating group) is 1. The summed E-state index contributed by atoms with van der Waals surface area (Å²) in [5, 5.41) is 11.2. The smallest absolute Gasteiger partial charge is 0.0746 e. The van der Waals surface area contributed by atoms with Gasteiger partial charge in [0.25, 0.3) is 0 Å². The van der Waals surface area contributed by atoms with Crippen LogP contribution in [0, 0.1) is 0 Å². The first-order valence-corrected chi connectivity index (χ1v) is 7.53. The number of para-hydroxylation sites is 1. The maximum Gasteiger partial charge on any atom is 0.0746 e. The van der Waals surface area contributed by atoms with Crippen LogP contribution in [0.3, 0.4) is 0 Å². The molecule has 0 spiro atoms. The largest absolute Gasteiger partial charge is 0.392 e. The van der Waals surface area contributed by atoms with Gasteiger partial charge in [-0.3, -0.25) is 9.88 Å². The Hall–Kier alpha value is -1.49. The number of aliphatic hydroxyl groups is 1. The quantitative estimate of drug-likeness (QED) is 0.929. The van der Waals surface area contributed by atoms with Crippen LogP contribution in [0.15, 0.2) is 36.5 Å². The summed E-state index contributed by atoms with van der Waals surface area (Å²) in [5.74, 6) is 0. The predicted octanol–water partition coefficient (Wildman–Crippen LogP) is 1.73. The Morgan fingerprint density at radius 1 is 1.29 bits per heavy atom. The van der Waals surface area contributed by atoms with Gasteiger partial charge in [-0.25, -0.2) is 0 Å². The summed E-state index contributed by atoms with van der Waals surface area (Å²) < 4.78 is 0. The van der Waals surface area contributed by atoms with Crippen molar-refractivity contribution in [1.29, 1.82) is 0 Å². The molecule has 2 heterocycles. The van der Waals surface area contributed by atoms with Crippen LogP contribution in [-0.4, -0.2) is 59.2 Å². The third-order valence-corrected chi connectivity index (χ3v) is 4.17. The van der Waals surface area contributed by atoms with Crippen LogP contribution in [0.25, 0.3) is 10.9 Å². The molecule has 0 aliphatic carbocycles. The molecule has 1 aliphatic heterocycles. The van der Waals surface area contributed by atoms with E-state index in [2.05, 4.69) is 53.1 Å². The number of β-amino-alcohol motifs (C(OH)–C–C–N with tert-alkyl or cyclic N) is 1. The van der Waals surface area contributed by atoms with E-state index in [-0.39, 0.29) is 6.10 Å². The molecule has 2 atom stereocenters. The van der Waals surface area contributed by atoms with E-state index in [0.29, 0.717) is 6.04 Å². The summed E-state index contributed by atoms with van der Waals surface area (Å²) >= 11 is 0. The number of hydrogen-bond acceptors (Lipinski definition) is 4. The second-order valence-electron chi connectivity index (χ2n) is 6.23. The van der Waals surface area contributed by atoms with Gasteiger partial charge in [-0.1, -0.05) is 24.3 Å². The van der Waals surface area contributed by atoms with Crippen molar-refractivity contribution in [2.24, 2.45) is 0 Å². The number of aromatic nitrogens is 1. The summed E-state index contributed by atoms with van der Waals surface area (Å²) in [6.45, 7) is 2.58. The highest BCUT2D eigenvalue weighted by molar-refractivity contribution is 5.81. The molecule has 3 rings (SSSR count). The number of rotatable bonds is 4. The zero-order chi connectivity index (χ0) is 14.8. The van der Waals surface area contributed by atoms with Crippen LogP contribution in [0.1, 0.15) is 12.0 Å². The van der Waals surface area contributed by atoms with Crippen LogP contribution in [0.5, 0.6) is 0 Å². The molecule has 0 amide bonds. The molecule has 2 aromatic rings. The highest BCUT2D eigenvalue weighted by Crippen LogP contribution is 2.24. The molecule has 2 unspecified atom stereocenters. The van der Waals surface area contributed by atoms with E-state index >= 15 is 0 Å². The average molecular weight is 285 g/mol. The Morgan fingerprint density at radius 2 is 2.10 bits per heavy atom. The summed E-state index contributed by atoms with van der Waals surface area (Å²) in [5.41, 5.74) is 2.32. The van der Waals surface area contributed by atoms with Crippen molar-refractivity contribution in [3.8, 4) is 0 Å². The lowest BCUT2D eigenvalue weighted by atomic mass is 10.1. The number of fused-ring (bicyclic) bond motifs is 1. The number of likely N-dealkylation sites (tertiary alicyclic amines) is 1. The molecule has 1 saturated heterocycles. The van der Waals surface area contributed by atoms with Crippen LogP contribution >= 0.6 is 0 Å². The van der Waals surface area contributed by atoms with Gasteiger partial charge in [-0.2, -0.15) is 0 Å². The molecule has 4 heteroatoms. The molecule has 0 saturated carbocycles. The number of pyridine rings is 1. The Bertz CT molecular complexity index is 609. The molecule has 1 aliphatic rings. The van der Waals surface area contributed by atoms with Gasteiger partial charge >= 0.3 is 0 Å². The SMILES string of the molecule is CN(C)CC1CC(O)CN1Cc1cccc2cccnc12. The van der Waals surface area contributed by atoms with Gasteiger partial charge < -0.3 is 10.0 Å². The van der Waals surface area contributed by atoms with E-state index in [0.717, 1.165) is 31.6 Å². The zero-order valence-electron chi connectivity index (χ0n) is 12.7. The second kappa shape index (κ2) is 6.10. The van der Waals surface area contributed by atoms with Gasteiger partial charge in [0.15, 0.2) is 0 Å². The first kappa shape index (κ1) is 14.4. The maximum absolute atomic E-state index is 10.00. The third-order valence-electron chi connectivity index (χ3n) is 4.17. The van der Waals surface area contributed by atoms with Gasteiger partial charge in [-0.15, -0.1) is 0 Å². The van der Waals surface area contributed by atoms with Gasteiger partial charge in [0, 0.05) is 37.3 Å². The molecule has 4 nitrogen and oxygen atoms in total. The molecule has 0 radical (unpaired) electrons. The molecular weight excluding hydrogens is 262 g/mol. The van der Waals surface area contributed by atoms with Gasteiger partial charge in [0.1, 0.15) is 0 Å². The van der Waals surface area contributed by atoms with E-state index in [9.17, 15) is 5.11 Å². The van der Waals surface area contributed by atoms with E-state index in [4.69, 9.17) is 0 Å². The van der Waals surface area contributed by atoms with Crippen molar-refractivity contribution in [2.45, 2.75) is 25.1 Å². The summed E-state index contributed by atoms with van der Waals surface area (Å²) in [7, 11) is 4.17. The summed E-state index contributed by atoms with van der Waals surface area (Å²) in [4.78, 5) is 9.10. The fourth-order valence-electron chi connectivity index (χ4n) is 3.28. The number of hydrogen-bond donors (Lipinski definition) is 1. The average Bonchev–Trinajstić information content (AvgIpc) is 2.78. The topological polar surface area (TPSA) is 39.6 Å². The Balaban J connectivity index is 1.83. The minimum Gasteiger partial charge on any atom is -0.392 e.